The maximum Gasteiger partial charge on any atom is 0.417 e. The summed E-state index contributed by atoms with van der Waals surface area (Å²) in [5, 5.41) is 5.77. The molecule has 8 nitrogen and oxygen atoms in total. The molecule has 1 aliphatic rings. The van der Waals surface area contributed by atoms with Crippen molar-refractivity contribution >= 4 is 44.9 Å². The number of pyridine rings is 1. The van der Waals surface area contributed by atoms with E-state index in [0.717, 1.165) is 11.3 Å². The van der Waals surface area contributed by atoms with Crippen LogP contribution in [0.25, 0.3) is 10.2 Å². The summed E-state index contributed by atoms with van der Waals surface area (Å²) in [5.74, 6) is -0.455. The Balaban J connectivity index is 1.86. The van der Waals surface area contributed by atoms with Gasteiger partial charge in [-0.05, 0) is 6.92 Å². The first-order valence-corrected chi connectivity index (χ1v) is 9.69. The number of fused-ring (bicyclic) bond motifs is 2. The van der Waals surface area contributed by atoms with Gasteiger partial charge in [0.25, 0.3) is 5.91 Å². The van der Waals surface area contributed by atoms with Crippen LogP contribution in [-0.2, 0) is 23.9 Å². The number of aryl methyl sites for hydroxylation is 1. The largest absolute Gasteiger partial charge is 0.417 e. The Morgan fingerprint density at radius 1 is 1.37 bits per heavy atom. The number of carbonyl (C=O) groups excluding carboxylic acids is 2. The number of nitrogen functional groups attached to an aromatic ring is 1. The third-order valence-corrected chi connectivity index (χ3v) is 5.93. The molecular weight excluding hydrogens is 423 g/mol. The monoisotopic (exact) mass is 439 g/mol. The van der Waals surface area contributed by atoms with E-state index >= 15 is 0 Å². The lowest BCUT2D eigenvalue weighted by Gasteiger charge is -2.29. The standard InChI is InChI=1S/C18H16F3N5O3S/c1-7-5-11(25-29-7)24-16(28)15-14(22)12-13(18(19,20)21)9-6-26(8(2)27)4-3-10(9)23-17(12)30-15/h5H,3-4,6,22H2,1-2H3,(H,24,25,28). The van der Waals surface area contributed by atoms with Crippen molar-refractivity contribution in [2.24, 2.45) is 0 Å². The maximum atomic E-state index is 14.1. The topological polar surface area (TPSA) is 114 Å². The molecule has 2 amide bonds. The lowest BCUT2D eigenvalue weighted by atomic mass is 9.96. The van der Waals surface area contributed by atoms with Crippen molar-refractivity contribution < 1.29 is 27.3 Å². The predicted molar refractivity (Wildman–Crippen MR) is 103 cm³/mol. The van der Waals surface area contributed by atoms with Gasteiger partial charge < -0.3 is 20.5 Å². The van der Waals surface area contributed by atoms with Crippen LogP contribution in [0.2, 0.25) is 0 Å². The van der Waals surface area contributed by atoms with E-state index in [1.807, 2.05) is 0 Å². The first-order chi connectivity index (χ1) is 14.1. The molecule has 0 aromatic carbocycles. The molecule has 12 heteroatoms. The minimum Gasteiger partial charge on any atom is -0.397 e. The second-order valence-corrected chi connectivity index (χ2v) is 7.90. The van der Waals surface area contributed by atoms with Crippen LogP contribution in [0.15, 0.2) is 10.6 Å². The summed E-state index contributed by atoms with van der Waals surface area (Å²) in [6, 6.07) is 1.47. The zero-order valence-electron chi connectivity index (χ0n) is 15.9. The van der Waals surface area contributed by atoms with E-state index in [2.05, 4.69) is 15.5 Å². The van der Waals surface area contributed by atoms with Gasteiger partial charge in [-0.1, -0.05) is 5.16 Å². The minimum absolute atomic E-state index is 0.0244. The van der Waals surface area contributed by atoms with Crippen LogP contribution in [-0.4, -0.2) is 33.4 Å². The van der Waals surface area contributed by atoms with Crippen molar-refractivity contribution in [2.75, 3.05) is 17.6 Å². The second-order valence-electron chi connectivity index (χ2n) is 6.90. The zero-order chi connectivity index (χ0) is 21.8. The fourth-order valence-electron chi connectivity index (χ4n) is 3.47. The number of halogens is 3. The third-order valence-electron chi connectivity index (χ3n) is 4.84. The molecule has 0 aliphatic carbocycles. The molecule has 0 fully saturated rings. The number of hydrogen-bond donors (Lipinski definition) is 2. The lowest BCUT2D eigenvalue weighted by molar-refractivity contribution is -0.138. The van der Waals surface area contributed by atoms with Gasteiger partial charge in [0.05, 0.1) is 11.3 Å². The molecule has 4 heterocycles. The van der Waals surface area contributed by atoms with Crippen LogP contribution in [0.3, 0.4) is 0 Å². The molecule has 0 saturated heterocycles. The minimum atomic E-state index is -4.74. The predicted octanol–water partition coefficient (Wildman–Crippen LogP) is 3.35. The van der Waals surface area contributed by atoms with Crippen LogP contribution < -0.4 is 11.1 Å². The first-order valence-electron chi connectivity index (χ1n) is 8.87. The highest BCUT2D eigenvalue weighted by atomic mass is 32.1. The highest BCUT2D eigenvalue weighted by molar-refractivity contribution is 7.21. The number of nitrogens with one attached hydrogen (secondary N) is 1. The molecule has 3 aromatic heterocycles. The number of rotatable bonds is 2. The number of amides is 2. The Bertz CT molecular complexity index is 1180. The van der Waals surface area contributed by atoms with Gasteiger partial charge in [0.1, 0.15) is 15.5 Å². The Hall–Kier alpha value is -3.15. The molecule has 1 aliphatic heterocycles. The Morgan fingerprint density at radius 2 is 2.10 bits per heavy atom. The normalized spacial score (nSPS) is 14.1. The molecule has 3 aromatic rings. The van der Waals surface area contributed by atoms with Gasteiger partial charge in [-0.3, -0.25) is 9.59 Å². The number of alkyl halides is 3. The highest BCUT2D eigenvalue weighted by Crippen LogP contribution is 2.45. The Morgan fingerprint density at radius 3 is 2.70 bits per heavy atom. The average molecular weight is 439 g/mol. The molecule has 158 valence electrons. The van der Waals surface area contributed by atoms with Crippen LogP contribution in [0.5, 0.6) is 0 Å². The van der Waals surface area contributed by atoms with Crippen molar-refractivity contribution in [3.8, 4) is 0 Å². The third kappa shape index (κ3) is 3.36. The van der Waals surface area contributed by atoms with Gasteiger partial charge in [-0.15, -0.1) is 11.3 Å². The van der Waals surface area contributed by atoms with Crippen molar-refractivity contribution in [1.82, 2.24) is 15.0 Å². The molecule has 0 bridgehead atoms. The van der Waals surface area contributed by atoms with Crippen LogP contribution in [0, 0.1) is 6.92 Å². The van der Waals surface area contributed by atoms with E-state index in [4.69, 9.17) is 10.3 Å². The summed E-state index contributed by atoms with van der Waals surface area (Å²) in [7, 11) is 0. The summed E-state index contributed by atoms with van der Waals surface area (Å²) >= 11 is 0.781. The van der Waals surface area contributed by atoms with Crippen molar-refractivity contribution in [1.29, 1.82) is 0 Å². The Kier molecular flexibility index (Phi) is 4.68. The highest BCUT2D eigenvalue weighted by Gasteiger charge is 2.41. The van der Waals surface area contributed by atoms with Gasteiger partial charge in [0.2, 0.25) is 5.91 Å². The molecule has 0 unspecified atom stereocenters. The fraction of sp³-hybridized carbons (Fsp3) is 0.333. The molecular formula is C18H16F3N5O3S. The summed E-state index contributed by atoms with van der Waals surface area (Å²) < 4.78 is 47.1. The van der Waals surface area contributed by atoms with E-state index in [1.54, 1.807) is 6.92 Å². The van der Waals surface area contributed by atoms with Crippen LogP contribution in [0.1, 0.15) is 39.2 Å². The van der Waals surface area contributed by atoms with E-state index in [9.17, 15) is 22.8 Å². The van der Waals surface area contributed by atoms with E-state index in [1.165, 1.54) is 17.9 Å². The van der Waals surface area contributed by atoms with Gasteiger partial charge in [-0.25, -0.2) is 4.98 Å². The first kappa shape index (κ1) is 20.1. The Labute approximate surface area is 171 Å². The van der Waals surface area contributed by atoms with Gasteiger partial charge in [0, 0.05) is 49.1 Å². The molecule has 0 saturated carbocycles. The average Bonchev–Trinajstić information content (AvgIpc) is 3.21. The molecule has 3 N–H and O–H groups in total. The van der Waals surface area contributed by atoms with E-state index in [-0.39, 0.29) is 63.3 Å². The number of anilines is 2. The summed E-state index contributed by atoms with van der Waals surface area (Å²) in [6.07, 6.45) is -4.55. The summed E-state index contributed by atoms with van der Waals surface area (Å²) in [4.78, 5) is 29.9. The maximum absolute atomic E-state index is 14.1. The van der Waals surface area contributed by atoms with Gasteiger partial charge in [-0.2, -0.15) is 13.2 Å². The number of nitrogens with two attached hydrogens (primary N) is 1. The zero-order valence-corrected chi connectivity index (χ0v) is 16.7. The fourth-order valence-corrected chi connectivity index (χ4v) is 4.49. The second kappa shape index (κ2) is 6.97. The molecule has 0 atom stereocenters. The van der Waals surface area contributed by atoms with Crippen molar-refractivity contribution in [3.63, 3.8) is 0 Å². The van der Waals surface area contributed by atoms with Crippen molar-refractivity contribution in [2.45, 2.75) is 33.0 Å². The quantitative estimate of drug-likeness (QED) is 0.633. The SMILES string of the molecule is CC(=O)N1CCc2nc3sc(C(=O)Nc4cc(C)on4)c(N)c3c(C(F)(F)F)c2C1. The van der Waals surface area contributed by atoms with Crippen molar-refractivity contribution in [3.05, 3.63) is 33.5 Å². The van der Waals surface area contributed by atoms with E-state index < -0.39 is 17.6 Å². The summed E-state index contributed by atoms with van der Waals surface area (Å²) in [5.41, 5.74) is 4.93. The number of nitrogens with zero attached hydrogens (tertiary/aromatic N) is 3. The molecule has 30 heavy (non-hydrogen) atoms. The number of thiophene rings is 1. The molecule has 4 rings (SSSR count). The molecule has 0 spiro atoms. The van der Waals surface area contributed by atoms with Crippen LogP contribution >= 0.6 is 11.3 Å². The summed E-state index contributed by atoms with van der Waals surface area (Å²) in [6.45, 7) is 3.00. The molecule has 0 radical (unpaired) electrons. The number of aromatic nitrogens is 2. The van der Waals surface area contributed by atoms with Crippen LogP contribution in [0.4, 0.5) is 24.7 Å². The van der Waals surface area contributed by atoms with E-state index in [0.29, 0.717) is 5.76 Å². The number of hydrogen-bond acceptors (Lipinski definition) is 7. The van der Waals surface area contributed by atoms with Gasteiger partial charge >= 0.3 is 6.18 Å². The van der Waals surface area contributed by atoms with Gasteiger partial charge in [0.15, 0.2) is 5.82 Å². The lowest BCUT2D eigenvalue weighted by Crippen LogP contribution is -2.36. The smallest absolute Gasteiger partial charge is 0.397 e. The number of carbonyl (C=O) groups is 2.